The first-order chi connectivity index (χ1) is 12.0. The Labute approximate surface area is 150 Å². The number of methoxy groups -OCH3 is 1. The van der Waals surface area contributed by atoms with E-state index in [-0.39, 0.29) is 0 Å². The van der Waals surface area contributed by atoms with E-state index in [2.05, 4.69) is 41.8 Å². The van der Waals surface area contributed by atoms with Gasteiger partial charge in [0.2, 0.25) is 0 Å². The van der Waals surface area contributed by atoms with Gasteiger partial charge in [-0.25, -0.2) is 0 Å². The van der Waals surface area contributed by atoms with Crippen molar-refractivity contribution in [2.24, 2.45) is 7.05 Å². The van der Waals surface area contributed by atoms with Crippen LogP contribution in [0.25, 0.3) is 0 Å². The molecule has 1 saturated heterocycles. The third-order valence-electron chi connectivity index (χ3n) is 5.32. The first-order valence-electron chi connectivity index (χ1n) is 8.72. The van der Waals surface area contributed by atoms with Crippen LogP contribution in [0.15, 0.2) is 30.3 Å². The zero-order chi connectivity index (χ0) is 18.0. The summed E-state index contributed by atoms with van der Waals surface area (Å²) in [4.78, 5) is 4.90. The number of hydrogen-bond donors (Lipinski definition) is 0. The maximum absolute atomic E-state index is 9.22. The fourth-order valence-corrected chi connectivity index (χ4v) is 3.59. The standard InChI is InChI=1S/C20H26N4O/c1-15-13-24(19-7-5-6-8-20(19)25-4)10-9-23(15)14-17-11-18(12-21)22(3)16(17)2/h5-8,11,15H,9-10,13-14H2,1-4H3/t15-/m1/s1. The average molecular weight is 338 g/mol. The molecular weight excluding hydrogens is 312 g/mol. The number of ether oxygens (including phenoxy) is 1. The lowest BCUT2D eigenvalue weighted by Gasteiger charge is -2.41. The number of benzene rings is 1. The van der Waals surface area contributed by atoms with Gasteiger partial charge in [0.1, 0.15) is 17.5 Å². The zero-order valence-electron chi connectivity index (χ0n) is 15.5. The van der Waals surface area contributed by atoms with Gasteiger partial charge in [0, 0.05) is 45.0 Å². The van der Waals surface area contributed by atoms with Gasteiger partial charge in [0.25, 0.3) is 0 Å². The lowest BCUT2D eigenvalue weighted by Crippen LogP contribution is -2.51. The molecule has 132 valence electrons. The average Bonchev–Trinajstić information content (AvgIpc) is 2.91. The number of rotatable bonds is 4. The minimum atomic E-state index is 0.434. The Morgan fingerprint density at radius 2 is 2.04 bits per heavy atom. The highest BCUT2D eigenvalue weighted by Gasteiger charge is 2.26. The van der Waals surface area contributed by atoms with Crippen LogP contribution in [-0.2, 0) is 13.6 Å². The Morgan fingerprint density at radius 3 is 2.68 bits per heavy atom. The van der Waals surface area contributed by atoms with Gasteiger partial charge in [-0.3, -0.25) is 4.90 Å². The molecule has 3 rings (SSSR count). The van der Waals surface area contributed by atoms with Crippen LogP contribution in [0.3, 0.4) is 0 Å². The van der Waals surface area contributed by atoms with Crippen molar-refractivity contribution in [1.29, 1.82) is 5.26 Å². The third-order valence-corrected chi connectivity index (χ3v) is 5.32. The summed E-state index contributed by atoms with van der Waals surface area (Å²) in [7, 11) is 3.68. The van der Waals surface area contributed by atoms with Crippen molar-refractivity contribution in [2.45, 2.75) is 26.4 Å². The first kappa shape index (κ1) is 17.4. The Hall–Kier alpha value is -2.45. The maximum atomic E-state index is 9.22. The van der Waals surface area contributed by atoms with Gasteiger partial charge in [-0.1, -0.05) is 12.1 Å². The molecule has 2 aromatic rings. The molecule has 1 aliphatic rings. The highest BCUT2D eigenvalue weighted by Crippen LogP contribution is 2.30. The van der Waals surface area contributed by atoms with Crippen LogP contribution in [0.2, 0.25) is 0 Å². The van der Waals surface area contributed by atoms with E-state index in [4.69, 9.17) is 4.74 Å². The van der Waals surface area contributed by atoms with E-state index >= 15 is 0 Å². The number of piperazine rings is 1. The van der Waals surface area contributed by atoms with E-state index in [1.807, 2.05) is 29.8 Å². The van der Waals surface area contributed by atoms with Crippen molar-refractivity contribution >= 4 is 5.69 Å². The van der Waals surface area contributed by atoms with Crippen molar-refractivity contribution in [2.75, 3.05) is 31.6 Å². The van der Waals surface area contributed by atoms with Crippen molar-refractivity contribution in [3.63, 3.8) is 0 Å². The molecular formula is C20H26N4O. The quantitative estimate of drug-likeness (QED) is 0.860. The van der Waals surface area contributed by atoms with Crippen LogP contribution >= 0.6 is 0 Å². The Bertz CT molecular complexity index is 789. The van der Waals surface area contributed by atoms with E-state index in [1.54, 1.807) is 7.11 Å². The minimum absolute atomic E-state index is 0.434. The molecule has 1 fully saturated rings. The largest absolute Gasteiger partial charge is 0.495 e. The zero-order valence-corrected chi connectivity index (χ0v) is 15.5. The van der Waals surface area contributed by atoms with Gasteiger partial charge in [0.05, 0.1) is 12.8 Å². The second-order valence-electron chi connectivity index (χ2n) is 6.75. The molecule has 5 heteroatoms. The summed E-state index contributed by atoms with van der Waals surface area (Å²) in [5.41, 5.74) is 4.32. The van der Waals surface area contributed by atoms with Gasteiger partial charge in [-0.15, -0.1) is 0 Å². The molecule has 0 saturated carbocycles. The smallest absolute Gasteiger partial charge is 0.142 e. The van der Waals surface area contributed by atoms with Crippen LogP contribution in [0.5, 0.6) is 5.75 Å². The van der Waals surface area contributed by atoms with Gasteiger partial charge in [-0.05, 0) is 37.6 Å². The number of aromatic nitrogens is 1. The van der Waals surface area contributed by atoms with Crippen LogP contribution in [0, 0.1) is 18.3 Å². The van der Waals surface area contributed by atoms with Crippen LogP contribution in [-0.4, -0.2) is 42.3 Å². The summed E-state index contributed by atoms with van der Waals surface area (Å²) >= 11 is 0. The molecule has 0 spiro atoms. The fourth-order valence-electron chi connectivity index (χ4n) is 3.59. The highest BCUT2D eigenvalue weighted by atomic mass is 16.5. The molecule has 25 heavy (non-hydrogen) atoms. The van der Waals surface area contributed by atoms with E-state index in [0.29, 0.717) is 6.04 Å². The Balaban J connectivity index is 1.71. The molecule has 1 aliphatic heterocycles. The number of para-hydroxylation sites is 2. The van der Waals surface area contributed by atoms with Crippen molar-refractivity contribution in [3.8, 4) is 11.8 Å². The summed E-state index contributed by atoms with van der Waals surface area (Å²) in [5.74, 6) is 0.931. The molecule has 1 aromatic heterocycles. The van der Waals surface area contributed by atoms with Gasteiger partial charge in [0.15, 0.2) is 0 Å². The summed E-state index contributed by atoms with van der Waals surface area (Å²) < 4.78 is 7.49. The lowest BCUT2D eigenvalue weighted by atomic mass is 10.1. The number of nitrogens with zero attached hydrogens (tertiary/aromatic N) is 4. The molecule has 5 nitrogen and oxygen atoms in total. The summed E-state index contributed by atoms with van der Waals surface area (Å²) in [6.45, 7) is 8.19. The summed E-state index contributed by atoms with van der Waals surface area (Å²) in [5, 5.41) is 9.22. The van der Waals surface area contributed by atoms with Crippen LogP contribution < -0.4 is 9.64 Å². The molecule has 2 heterocycles. The van der Waals surface area contributed by atoms with Crippen molar-refractivity contribution in [3.05, 3.63) is 47.3 Å². The molecule has 0 radical (unpaired) electrons. The fraction of sp³-hybridized carbons (Fsp3) is 0.450. The predicted octanol–water partition coefficient (Wildman–Crippen LogP) is 2.92. The summed E-state index contributed by atoms with van der Waals surface area (Å²) in [6.07, 6.45) is 0. The molecule has 0 unspecified atom stereocenters. The first-order valence-corrected chi connectivity index (χ1v) is 8.72. The van der Waals surface area contributed by atoms with E-state index < -0.39 is 0 Å². The van der Waals surface area contributed by atoms with Gasteiger partial charge in [-0.2, -0.15) is 5.26 Å². The maximum Gasteiger partial charge on any atom is 0.142 e. The van der Waals surface area contributed by atoms with E-state index in [1.165, 1.54) is 16.9 Å². The Kier molecular flexibility index (Phi) is 5.00. The highest BCUT2D eigenvalue weighted by molar-refractivity contribution is 5.58. The molecule has 0 amide bonds. The molecule has 0 N–H and O–H groups in total. The SMILES string of the molecule is COc1ccccc1N1CCN(Cc2cc(C#N)n(C)c2C)[C@H](C)C1. The lowest BCUT2D eigenvalue weighted by molar-refractivity contribution is 0.180. The van der Waals surface area contributed by atoms with E-state index in [0.717, 1.165) is 37.6 Å². The van der Waals surface area contributed by atoms with Crippen LogP contribution in [0.4, 0.5) is 5.69 Å². The number of nitriles is 1. The number of anilines is 1. The third kappa shape index (κ3) is 3.35. The normalized spacial score (nSPS) is 18.2. The molecule has 1 aromatic carbocycles. The monoisotopic (exact) mass is 338 g/mol. The molecule has 0 aliphatic carbocycles. The second kappa shape index (κ2) is 7.20. The number of hydrogen-bond acceptors (Lipinski definition) is 4. The van der Waals surface area contributed by atoms with E-state index in [9.17, 15) is 5.26 Å². The predicted molar refractivity (Wildman–Crippen MR) is 99.9 cm³/mol. The summed E-state index contributed by atoms with van der Waals surface area (Å²) in [6, 6.07) is 12.9. The molecule has 1 atom stereocenters. The topological polar surface area (TPSA) is 44.4 Å². The van der Waals surface area contributed by atoms with Gasteiger partial charge < -0.3 is 14.2 Å². The minimum Gasteiger partial charge on any atom is -0.495 e. The van der Waals surface area contributed by atoms with Gasteiger partial charge >= 0.3 is 0 Å². The Morgan fingerprint density at radius 1 is 1.28 bits per heavy atom. The van der Waals surface area contributed by atoms with Crippen molar-refractivity contribution in [1.82, 2.24) is 9.47 Å². The van der Waals surface area contributed by atoms with Crippen LogP contribution in [0.1, 0.15) is 23.9 Å². The van der Waals surface area contributed by atoms with Crippen molar-refractivity contribution < 1.29 is 4.74 Å². The molecule has 0 bridgehead atoms. The second-order valence-corrected chi connectivity index (χ2v) is 6.75.